The van der Waals surface area contributed by atoms with Crippen LogP contribution in [0.5, 0.6) is 0 Å². The minimum Gasteiger partial charge on any atom is -0.480 e. The van der Waals surface area contributed by atoms with E-state index in [2.05, 4.69) is 4.90 Å². The molecule has 52 heavy (non-hydrogen) atoms. The molecule has 12 heteroatoms. The number of amides is 2. The van der Waals surface area contributed by atoms with Crippen molar-refractivity contribution < 1.29 is 43.6 Å². The summed E-state index contributed by atoms with van der Waals surface area (Å²) in [5, 5.41) is 21.0. The first-order valence-electron chi connectivity index (χ1n) is 19.6. The Kier molecular flexibility index (Phi) is 15.6. The summed E-state index contributed by atoms with van der Waals surface area (Å²) in [7, 11) is 0. The van der Waals surface area contributed by atoms with Gasteiger partial charge in [0.25, 0.3) is 0 Å². The van der Waals surface area contributed by atoms with E-state index in [-0.39, 0.29) is 36.8 Å². The minimum atomic E-state index is -1.34. The second kappa shape index (κ2) is 19.6. The van der Waals surface area contributed by atoms with Gasteiger partial charge < -0.3 is 29.3 Å². The van der Waals surface area contributed by atoms with Gasteiger partial charge in [-0.3, -0.25) is 14.6 Å². The first-order valence-corrected chi connectivity index (χ1v) is 19.6. The first-order chi connectivity index (χ1) is 24.7. The lowest BCUT2D eigenvalue weighted by atomic mass is 9.87. The average molecular weight is 730 g/mol. The highest BCUT2D eigenvalue weighted by atomic mass is 16.6. The van der Waals surface area contributed by atoms with Gasteiger partial charge >= 0.3 is 24.1 Å². The Hall–Kier alpha value is -3.38. The molecule has 2 N–H and O–H groups in total. The molecule has 4 rings (SSSR count). The van der Waals surface area contributed by atoms with Crippen LogP contribution in [0.4, 0.5) is 9.59 Å². The number of hydrogen-bond donors (Lipinski definition) is 2. The highest BCUT2D eigenvalue weighted by molar-refractivity contribution is 5.80. The van der Waals surface area contributed by atoms with Crippen molar-refractivity contribution >= 4 is 24.1 Å². The SMILES string of the molecule is C/C(=C\C=C\C(C)COC(=O)N1CCC[C@H]1C(=O)O)[C@H]1OC(=O)C[C@H](C)CC[C@@](C)(O)[C@@H](OC(=O)N2CCN(C3CCCCCC3)CC2)/C=C/[C@@H]1C. The van der Waals surface area contributed by atoms with E-state index in [0.29, 0.717) is 51.4 Å². The number of piperazine rings is 1. The van der Waals surface area contributed by atoms with Crippen LogP contribution in [0.25, 0.3) is 0 Å². The average Bonchev–Trinajstić information content (AvgIpc) is 3.46. The fraction of sp³-hybridized carbons (Fsp3) is 0.750. The van der Waals surface area contributed by atoms with Gasteiger partial charge in [-0.1, -0.05) is 70.8 Å². The molecule has 1 aliphatic carbocycles. The summed E-state index contributed by atoms with van der Waals surface area (Å²) < 4.78 is 17.5. The van der Waals surface area contributed by atoms with Gasteiger partial charge in [-0.05, 0) is 69.9 Å². The van der Waals surface area contributed by atoms with Gasteiger partial charge in [0.15, 0.2) is 6.10 Å². The molecule has 1 saturated carbocycles. The maximum atomic E-state index is 13.5. The third kappa shape index (κ3) is 12.1. The van der Waals surface area contributed by atoms with E-state index < -0.39 is 42.0 Å². The van der Waals surface area contributed by atoms with Crippen LogP contribution in [0, 0.1) is 17.8 Å². The predicted octanol–water partition coefficient (Wildman–Crippen LogP) is 6.33. The molecule has 3 fully saturated rings. The van der Waals surface area contributed by atoms with Crippen molar-refractivity contribution in [3.63, 3.8) is 0 Å². The maximum Gasteiger partial charge on any atom is 0.410 e. The molecule has 0 spiro atoms. The van der Waals surface area contributed by atoms with Crippen LogP contribution >= 0.6 is 0 Å². The summed E-state index contributed by atoms with van der Waals surface area (Å²) in [5.41, 5.74) is -0.541. The van der Waals surface area contributed by atoms with Crippen LogP contribution in [0.3, 0.4) is 0 Å². The van der Waals surface area contributed by atoms with Crippen LogP contribution in [0.2, 0.25) is 0 Å². The fourth-order valence-electron chi connectivity index (χ4n) is 7.77. The van der Waals surface area contributed by atoms with Gasteiger partial charge in [0.1, 0.15) is 17.7 Å². The zero-order valence-electron chi connectivity index (χ0n) is 32.0. The molecule has 292 valence electrons. The number of ether oxygens (including phenoxy) is 3. The van der Waals surface area contributed by atoms with Gasteiger partial charge in [-0.15, -0.1) is 0 Å². The van der Waals surface area contributed by atoms with Gasteiger partial charge in [0, 0.05) is 57.0 Å². The third-order valence-electron chi connectivity index (χ3n) is 11.2. The molecular weight excluding hydrogens is 666 g/mol. The van der Waals surface area contributed by atoms with Crippen molar-refractivity contribution in [2.24, 2.45) is 17.8 Å². The van der Waals surface area contributed by atoms with Crippen LogP contribution in [0.15, 0.2) is 36.0 Å². The molecule has 12 nitrogen and oxygen atoms in total. The Bertz CT molecular complexity index is 1300. The van der Waals surface area contributed by atoms with Crippen molar-refractivity contribution in [3.8, 4) is 0 Å². The van der Waals surface area contributed by atoms with E-state index in [1.165, 1.54) is 43.4 Å². The number of rotatable bonds is 8. The Labute approximate surface area is 310 Å². The zero-order valence-corrected chi connectivity index (χ0v) is 32.0. The first kappa shape index (κ1) is 41.4. The van der Waals surface area contributed by atoms with E-state index in [1.54, 1.807) is 17.9 Å². The molecule has 3 heterocycles. The molecule has 0 bridgehead atoms. The number of carbonyl (C=O) groups excluding carboxylic acids is 3. The van der Waals surface area contributed by atoms with Crippen LogP contribution in [-0.4, -0.2) is 118 Å². The monoisotopic (exact) mass is 729 g/mol. The van der Waals surface area contributed by atoms with Crippen LogP contribution in [-0.2, 0) is 23.8 Å². The van der Waals surface area contributed by atoms with E-state index in [4.69, 9.17) is 14.2 Å². The number of esters is 1. The lowest BCUT2D eigenvalue weighted by Gasteiger charge is -2.40. The number of allylic oxidation sites excluding steroid dienone is 2. The van der Waals surface area contributed by atoms with E-state index >= 15 is 0 Å². The molecule has 0 radical (unpaired) electrons. The molecule has 0 aromatic heterocycles. The van der Waals surface area contributed by atoms with Crippen LogP contribution < -0.4 is 0 Å². The fourth-order valence-corrected chi connectivity index (χ4v) is 7.77. The van der Waals surface area contributed by atoms with Crippen molar-refractivity contribution in [3.05, 3.63) is 36.0 Å². The molecule has 2 saturated heterocycles. The largest absolute Gasteiger partial charge is 0.480 e. The molecular formula is C40H63N3O9. The van der Waals surface area contributed by atoms with E-state index in [9.17, 15) is 29.4 Å². The van der Waals surface area contributed by atoms with Crippen molar-refractivity contribution in [1.29, 1.82) is 0 Å². The highest BCUT2D eigenvalue weighted by Gasteiger charge is 2.38. The highest BCUT2D eigenvalue weighted by Crippen LogP contribution is 2.30. The smallest absolute Gasteiger partial charge is 0.410 e. The molecule has 4 aliphatic rings. The van der Waals surface area contributed by atoms with E-state index in [1.807, 2.05) is 52.0 Å². The number of carboxylic acid groups (broad SMARTS) is 1. The minimum absolute atomic E-state index is 0.0502. The topological polar surface area (TPSA) is 146 Å². The zero-order chi connectivity index (χ0) is 37.8. The Morgan fingerprint density at radius 2 is 1.67 bits per heavy atom. The Balaban J connectivity index is 1.39. The second-order valence-electron chi connectivity index (χ2n) is 15.9. The summed E-state index contributed by atoms with van der Waals surface area (Å²) >= 11 is 0. The molecule has 3 aliphatic heterocycles. The number of aliphatic hydroxyl groups is 1. The normalized spacial score (nSPS) is 31.9. The second-order valence-corrected chi connectivity index (χ2v) is 15.9. The summed E-state index contributed by atoms with van der Waals surface area (Å²) in [5.74, 6) is -1.84. The number of hydrogen-bond acceptors (Lipinski definition) is 9. The Morgan fingerprint density at radius 3 is 2.35 bits per heavy atom. The lowest BCUT2D eigenvalue weighted by molar-refractivity contribution is -0.150. The summed E-state index contributed by atoms with van der Waals surface area (Å²) in [6, 6.07) is -0.251. The summed E-state index contributed by atoms with van der Waals surface area (Å²) in [4.78, 5) is 56.0. The standard InChI is InChI=1S/C40H63N3O9/c1-28-19-20-40(5,49)34(51-38(47)42-24-22-41(23-25-42)32-14-8-6-7-9-15-32)18-17-31(4)36(52-35(44)26-28)30(3)13-10-12-29(2)27-50-39(48)43-21-11-16-33(43)37(45)46/h10,12-13,17-18,28-29,31-34,36,49H,6-9,11,14-16,19-27H2,1-5H3,(H,45,46)/b12-10+,18-17+,30-13+/t28-,29?,31+,33+,34+,36-,40-/m1/s1. The summed E-state index contributed by atoms with van der Waals surface area (Å²) in [6.45, 7) is 12.7. The van der Waals surface area contributed by atoms with E-state index in [0.717, 1.165) is 18.7 Å². The predicted molar refractivity (Wildman–Crippen MR) is 198 cm³/mol. The number of aliphatic carboxylic acids is 1. The van der Waals surface area contributed by atoms with Gasteiger partial charge in [-0.25, -0.2) is 14.4 Å². The molecule has 0 aromatic rings. The number of carbonyl (C=O) groups is 4. The number of likely N-dealkylation sites (tertiary alicyclic amines) is 1. The number of cyclic esters (lactones) is 1. The van der Waals surface area contributed by atoms with Crippen LogP contribution in [0.1, 0.15) is 105 Å². The quantitative estimate of drug-likeness (QED) is 0.0956. The van der Waals surface area contributed by atoms with Crippen molar-refractivity contribution in [1.82, 2.24) is 14.7 Å². The number of carboxylic acids is 1. The number of nitrogens with zero attached hydrogens (tertiary/aromatic N) is 3. The third-order valence-corrected chi connectivity index (χ3v) is 11.2. The molecule has 1 unspecified atom stereocenters. The van der Waals surface area contributed by atoms with Gasteiger partial charge in [0.05, 0.1) is 6.61 Å². The summed E-state index contributed by atoms with van der Waals surface area (Å²) in [6.07, 6.45) is 16.4. The lowest BCUT2D eigenvalue weighted by Crippen LogP contribution is -2.53. The van der Waals surface area contributed by atoms with Crippen molar-refractivity contribution in [2.75, 3.05) is 39.3 Å². The van der Waals surface area contributed by atoms with Crippen molar-refractivity contribution in [2.45, 2.75) is 135 Å². The molecule has 0 aromatic carbocycles. The molecule has 7 atom stereocenters. The van der Waals surface area contributed by atoms with Gasteiger partial charge in [-0.2, -0.15) is 0 Å². The Morgan fingerprint density at radius 1 is 0.981 bits per heavy atom. The van der Waals surface area contributed by atoms with Gasteiger partial charge in [0.2, 0.25) is 0 Å². The molecule has 2 amide bonds. The maximum absolute atomic E-state index is 13.5.